The molecule has 3 rings (SSSR count). The number of nitrogen functional groups attached to an aromatic ring is 1. The highest BCUT2D eigenvalue weighted by Crippen LogP contribution is 2.35. The summed E-state index contributed by atoms with van der Waals surface area (Å²) in [5, 5.41) is 22.2. The Kier molecular flexibility index (Phi) is 3.79. The number of anilines is 1. The predicted molar refractivity (Wildman–Crippen MR) is 91.0 cm³/mol. The van der Waals surface area contributed by atoms with Gasteiger partial charge in [0.15, 0.2) is 0 Å². The number of nitrogens with two attached hydrogens (primary N) is 1. The zero-order valence-corrected chi connectivity index (χ0v) is 12.7. The number of hydrogen-bond acceptors (Lipinski definition) is 5. The molecule has 0 unspecified atom stereocenters. The van der Waals surface area contributed by atoms with Crippen molar-refractivity contribution >= 4 is 22.7 Å². The number of non-ortho nitro benzene ring substituents is 1. The van der Waals surface area contributed by atoms with E-state index in [0.717, 1.165) is 10.4 Å². The van der Waals surface area contributed by atoms with E-state index < -0.39 is 4.92 Å². The third-order valence-electron chi connectivity index (χ3n) is 3.47. The van der Waals surface area contributed by atoms with E-state index in [1.54, 1.807) is 24.3 Å². The number of nitro groups is 1. The lowest BCUT2D eigenvalue weighted by atomic mass is 9.97. The van der Waals surface area contributed by atoms with Crippen LogP contribution in [-0.2, 0) is 0 Å². The van der Waals surface area contributed by atoms with Gasteiger partial charge in [-0.15, -0.1) is 11.3 Å². The van der Waals surface area contributed by atoms with Crippen LogP contribution in [0.5, 0.6) is 0 Å². The van der Waals surface area contributed by atoms with E-state index in [4.69, 9.17) is 5.73 Å². The number of nitriles is 1. The van der Waals surface area contributed by atoms with Gasteiger partial charge in [0.25, 0.3) is 5.69 Å². The number of nitrogens with zero attached hydrogens (tertiary/aromatic N) is 2. The fourth-order valence-corrected chi connectivity index (χ4v) is 3.19. The first-order valence-electron chi connectivity index (χ1n) is 6.72. The molecule has 1 aromatic heterocycles. The third kappa shape index (κ3) is 2.78. The van der Waals surface area contributed by atoms with Gasteiger partial charge in [0.2, 0.25) is 0 Å². The summed E-state index contributed by atoms with van der Waals surface area (Å²) in [4.78, 5) is 11.4. The number of nitro benzene ring substituents is 1. The Balaban J connectivity index is 2.11. The molecule has 0 fully saturated rings. The topological polar surface area (TPSA) is 93.0 Å². The first-order chi connectivity index (χ1) is 11.1. The monoisotopic (exact) mass is 321 g/mol. The molecule has 5 nitrogen and oxygen atoms in total. The van der Waals surface area contributed by atoms with E-state index in [-0.39, 0.29) is 5.69 Å². The highest BCUT2D eigenvalue weighted by Gasteiger charge is 2.12. The number of benzene rings is 2. The van der Waals surface area contributed by atoms with Crippen LogP contribution in [0, 0.1) is 21.4 Å². The zero-order valence-electron chi connectivity index (χ0n) is 11.9. The second-order valence-electron chi connectivity index (χ2n) is 4.88. The molecule has 0 amide bonds. The van der Waals surface area contributed by atoms with Crippen molar-refractivity contribution < 1.29 is 4.92 Å². The van der Waals surface area contributed by atoms with Crippen LogP contribution in [0.2, 0.25) is 0 Å². The van der Waals surface area contributed by atoms with Crippen molar-refractivity contribution in [2.45, 2.75) is 0 Å². The van der Waals surface area contributed by atoms with Gasteiger partial charge in [0, 0.05) is 12.1 Å². The van der Waals surface area contributed by atoms with E-state index in [1.165, 1.54) is 23.5 Å². The van der Waals surface area contributed by atoms with E-state index in [9.17, 15) is 15.4 Å². The maximum Gasteiger partial charge on any atom is 0.270 e. The lowest BCUT2D eigenvalue weighted by molar-refractivity contribution is -0.384. The quantitative estimate of drug-likeness (QED) is 0.570. The molecule has 0 bridgehead atoms. The van der Waals surface area contributed by atoms with Crippen molar-refractivity contribution in [2.24, 2.45) is 0 Å². The van der Waals surface area contributed by atoms with E-state index >= 15 is 0 Å². The summed E-state index contributed by atoms with van der Waals surface area (Å²) >= 11 is 1.51. The van der Waals surface area contributed by atoms with Gasteiger partial charge in [-0.25, -0.2) is 0 Å². The fourth-order valence-electron chi connectivity index (χ4n) is 2.37. The van der Waals surface area contributed by atoms with E-state index in [0.29, 0.717) is 22.4 Å². The second-order valence-corrected chi connectivity index (χ2v) is 5.80. The van der Waals surface area contributed by atoms with Crippen molar-refractivity contribution in [1.29, 1.82) is 5.26 Å². The average molecular weight is 321 g/mol. The number of thiophene rings is 1. The Morgan fingerprint density at radius 2 is 1.96 bits per heavy atom. The summed E-state index contributed by atoms with van der Waals surface area (Å²) in [7, 11) is 0. The van der Waals surface area contributed by atoms with Gasteiger partial charge in [-0.3, -0.25) is 10.1 Å². The minimum absolute atomic E-state index is 0.00188. The van der Waals surface area contributed by atoms with Crippen LogP contribution in [0.25, 0.3) is 21.6 Å². The molecule has 2 N–H and O–H groups in total. The smallest absolute Gasteiger partial charge is 0.270 e. The molecule has 0 atom stereocenters. The maximum absolute atomic E-state index is 10.9. The third-order valence-corrected chi connectivity index (χ3v) is 4.45. The van der Waals surface area contributed by atoms with Gasteiger partial charge in [-0.1, -0.05) is 24.3 Å². The molecule has 0 aliphatic heterocycles. The van der Waals surface area contributed by atoms with Crippen LogP contribution in [0.3, 0.4) is 0 Å². The highest BCUT2D eigenvalue weighted by molar-refractivity contribution is 7.14. The Morgan fingerprint density at radius 3 is 2.61 bits per heavy atom. The molecule has 112 valence electrons. The van der Waals surface area contributed by atoms with E-state index in [2.05, 4.69) is 6.07 Å². The van der Waals surface area contributed by atoms with Crippen LogP contribution in [0.1, 0.15) is 5.56 Å². The number of hydrogen-bond donors (Lipinski definition) is 1. The molecular formula is C17H11N3O2S. The van der Waals surface area contributed by atoms with Gasteiger partial charge >= 0.3 is 0 Å². The van der Waals surface area contributed by atoms with Gasteiger partial charge in [0.1, 0.15) is 0 Å². The Labute approximate surface area is 136 Å². The van der Waals surface area contributed by atoms with Crippen molar-refractivity contribution in [2.75, 3.05) is 5.73 Å². The largest absolute Gasteiger partial charge is 0.398 e. The van der Waals surface area contributed by atoms with Crippen LogP contribution >= 0.6 is 11.3 Å². The Morgan fingerprint density at radius 1 is 1.13 bits per heavy atom. The molecule has 0 spiro atoms. The second kappa shape index (κ2) is 5.91. The van der Waals surface area contributed by atoms with Crippen LogP contribution in [-0.4, -0.2) is 4.92 Å². The molecule has 0 saturated heterocycles. The Hall–Kier alpha value is -3.17. The first-order valence-corrected chi connectivity index (χ1v) is 7.60. The molecule has 6 heteroatoms. The molecule has 0 radical (unpaired) electrons. The van der Waals surface area contributed by atoms with Crippen molar-refractivity contribution in [3.8, 4) is 27.6 Å². The van der Waals surface area contributed by atoms with E-state index in [1.807, 2.05) is 17.5 Å². The zero-order chi connectivity index (χ0) is 16.4. The summed E-state index contributed by atoms with van der Waals surface area (Å²) in [5.74, 6) is 0. The lowest BCUT2D eigenvalue weighted by Gasteiger charge is -2.07. The summed E-state index contributed by atoms with van der Waals surface area (Å²) < 4.78 is 0. The number of rotatable bonds is 3. The SMILES string of the molecule is N#Cc1cc(-c2sccc2N)ccc1-c1cccc([N+](=O)[O-])c1. The van der Waals surface area contributed by atoms with Gasteiger partial charge in [-0.05, 0) is 34.2 Å². The summed E-state index contributed by atoms with van der Waals surface area (Å²) in [6, 6.07) is 15.7. The minimum atomic E-state index is -0.448. The van der Waals surface area contributed by atoms with Crippen molar-refractivity contribution in [1.82, 2.24) is 0 Å². The van der Waals surface area contributed by atoms with Crippen LogP contribution in [0.4, 0.5) is 11.4 Å². The highest BCUT2D eigenvalue weighted by atomic mass is 32.1. The van der Waals surface area contributed by atoms with Crippen molar-refractivity contribution in [3.63, 3.8) is 0 Å². The van der Waals surface area contributed by atoms with Crippen LogP contribution in [0.15, 0.2) is 53.9 Å². The fraction of sp³-hybridized carbons (Fsp3) is 0. The molecule has 0 aliphatic rings. The Bertz CT molecular complexity index is 941. The van der Waals surface area contributed by atoms with Gasteiger partial charge < -0.3 is 5.73 Å². The predicted octanol–water partition coefficient (Wildman–Crippen LogP) is 4.44. The molecule has 0 aliphatic carbocycles. The molecule has 3 aromatic rings. The molecule has 2 aromatic carbocycles. The maximum atomic E-state index is 10.9. The van der Waals surface area contributed by atoms with Gasteiger partial charge in [-0.2, -0.15) is 5.26 Å². The molecule has 23 heavy (non-hydrogen) atoms. The first kappa shape index (κ1) is 14.8. The lowest BCUT2D eigenvalue weighted by Crippen LogP contribution is -1.91. The molecular weight excluding hydrogens is 310 g/mol. The summed E-state index contributed by atoms with van der Waals surface area (Å²) in [5.41, 5.74) is 9.21. The van der Waals surface area contributed by atoms with Gasteiger partial charge in [0.05, 0.1) is 27.1 Å². The van der Waals surface area contributed by atoms with Crippen LogP contribution < -0.4 is 5.73 Å². The average Bonchev–Trinajstić information content (AvgIpc) is 3.00. The molecule has 0 saturated carbocycles. The summed E-state index contributed by atoms with van der Waals surface area (Å²) in [6.45, 7) is 0. The van der Waals surface area contributed by atoms with Crippen molar-refractivity contribution in [3.05, 3.63) is 69.6 Å². The minimum Gasteiger partial charge on any atom is -0.398 e. The summed E-state index contributed by atoms with van der Waals surface area (Å²) in [6.07, 6.45) is 0. The standard InChI is InChI=1S/C17H11N3O2S/c18-10-13-8-12(17-16(19)6-7-23-17)4-5-15(13)11-2-1-3-14(9-11)20(21)22/h1-9H,19H2. The molecule has 1 heterocycles. The normalized spacial score (nSPS) is 10.2.